The summed E-state index contributed by atoms with van der Waals surface area (Å²) in [6, 6.07) is 0. The van der Waals surface area contributed by atoms with Gasteiger partial charge in [0.2, 0.25) is 0 Å². The Balaban J connectivity index is 0.000000424. The van der Waals surface area contributed by atoms with Crippen LogP contribution in [0.5, 0.6) is 0 Å². The van der Waals surface area contributed by atoms with Gasteiger partial charge in [-0.3, -0.25) is 4.79 Å². The van der Waals surface area contributed by atoms with E-state index in [9.17, 15) is 4.79 Å². The molecule has 1 saturated carbocycles. The molecule has 0 aromatic rings. The Hall–Kier alpha value is -0.790. The van der Waals surface area contributed by atoms with Crippen molar-refractivity contribution in [3.05, 3.63) is 12.7 Å². The predicted octanol–water partition coefficient (Wildman–Crippen LogP) is 3.09. The maximum Gasteiger partial charge on any atom is 0.306 e. The number of carboxylic acids is 1. The third-order valence-electron chi connectivity index (χ3n) is 2.43. The van der Waals surface area contributed by atoms with Gasteiger partial charge in [0, 0.05) is 0 Å². The van der Waals surface area contributed by atoms with Crippen LogP contribution in [-0.2, 0) is 4.79 Å². The van der Waals surface area contributed by atoms with Crippen molar-refractivity contribution >= 4 is 5.97 Å². The van der Waals surface area contributed by atoms with E-state index in [1.54, 1.807) is 6.08 Å². The van der Waals surface area contributed by atoms with E-state index in [1.165, 1.54) is 6.42 Å². The van der Waals surface area contributed by atoms with Crippen molar-refractivity contribution in [3.63, 3.8) is 0 Å². The van der Waals surface area contributed by atoms with E-state index in [4.69, 9.17) is 5.11 Å². The summed E-state index contributed by atoms with van der Waals surface area (Å²) in [5.74, 6) is -0.271. The van der Waals surface area contributed by atoms with Gasteiger partial charge in [-0.05, 0) is 25.7 Å². The normalized spacial score (nSPS) is 26.9. The lowest BCUT2D eigenvalue weighted by molar-refractivity contribution is -0.144. The van der Waals surface area contributed by atoms with Crippen LogP contribution in [0.1, 0.15) is 39.5 Å². The average Bonchev–Trinajstić information content (AvgIpc) is 2.06. The molecule has 1 N–H and O–H groups in total. The molecule has 0 bridgehead atoms. The first-order chi connectivity index (χ1) is 6.13. The van der Waals surface area contributed by atoms with Gasteiger partial charge in [0.1, 0.15) is 0 Å². The molecule has 2 atom stereocenters. The lowest BCUT2D eigenvalue weighted by atomic mass is 9.81. The molecule has 0 aromatic heterocycles. The number of carbonyl (C=O) groups is 1. The van der Waals surface area contributed by atoms with Gasteiger partial charge < -0.3 is 5.11 Å². The Morgan fingerprint density at radius 2 is 1.92 bits per heavy atom. The first kappa shape index (κ1) is 12.2. The van der Waals surface area contributed by atoms with Crippen LogP contribution in [0, 0.1) is 11.8 Å². The van der Waals surface area contributed by atoms with Gasteiger partial charge in [0.15, 0.2) is 0 Å². The Morgan fingerprint density at radius 3 is 2.23 bits per heavy atom. The predicted molar refractivity (Wildman–Crippen MR) is 54.6 cm³/mol. The summed E-state index contributed by atoms with van der Waals surface area (Å²) in [6.07, 6.45) is 6.04. The molecular weight excluding hydrogens is 164 g/mol. The van der Waals surface area contributed by atoms with E-state index in [0.717, 1.165) is 19.3 Å². The van der Waals surface area contributed by atoms with Crippen molar-refractivity contribution in [1.82, 2.24) is 0 Å². The average molecular weight is 184 g/mol. The Morgan fingerprint density at radius 1 is 1.46 bits per heavy atom. The number of aliphatic carboxylic acids is 1. The zero-order chi connectivity index (χ0) is 10.3. The minimum Gasteiger partial charge on any atom is -0.481 e. The molecule has 2 heteroatoms. The van der Waals surface area contributed by atoms with E-state index in [2.05, 4.69) is 6.58 Å². The smallest absolute Gasteiger partial charge is 0.306 e. The molecule has 1 rings (SSSR count). The third kappa shape index (κ3) is 4.71. The van der Waals surface area contributed by atoms with E-state index in [1.807, 2.05) is 13.8 Å². The van der Waals surface area contributed by atoms with Crippen molar-refractivity contribution < 1.29 is 9.90 Å². The molecule has 0 radical (unpaired) electrons. The minimum atomic E-state index is -0.604. The first-order valence-corrected chi connectivity index (χ1v) is 4.93. The highest BCUT2D eigenvalue weighted by Crippen LogP contribution is 2.29. The van der Waals surface area contributed by atoms with Crippen LogP contribution < -0.4 is 0 Å². The largest absolute Gasteiger partial charge is 0.481 e. The summed E-state index contributed by atoms with van der Waals surface area (Å²) < 4.78 is 0. The van der Waals surface area contributed by atoms with Crippen molar-refractivity contribution in [2.75, 3.05) is 0 Å². The number of hydrogen-bond donors (Lipinski definition) is 1. The Kier molecular flexibility index (Phi) is 6.29. The van der Waals surface area contributed by atoms with Gasteiger partial charge in [-0.15, -0.1) is 6.58 Å². The summed E-state index contributed by atoms with van der Waals surface area (Å²) in [4.78, 5) is 10.6. The van der Waals surface area contributed by atoms with Crippen LogP contribution in [0.2, 0.25) is 0 Å². The maximum atomic E-state index is 10.6. The fourth-order valence-corrected chi connectivity index (χ4v) is 1.68. The Bertz CT molecular complexity index is 163. The number of carboxylic acid groups (broad SMARTS) is 1. The highest BCUT2D eigenvalue weighted by atomic mass is 16.4. The molecule has 2 nitrogen and oxygen atoms in total. The van der Waals surface area contributed by atoms with Crippen molar-refractivity contribution in [2.45, 2.75) is 39.5 Å². The van der Waals surface area contributed by atoms with E-state index < -0.39 is 5.97 Å². The van der Waals surface area contributed by atoms with E-state index in [0.29, 0.717) is 5.92 Å². The summed E-state index contributed by atoms with van der Waals surface area (Å²) >= 11 is 0. The van der Waals surface area contributed by atoms with Crippen molar-refractivity contribution in [2.24, 2.45) is 11.8 Å². The number of rotatable bonds is 1. The van der Waals surface area contributed by atoms with Crippen LogP contribution in [0.15, 0.2) is 12.7 Å². The van der Waals surface area contributed by atoms with E-state index in [-0.39, 0.29) is 5.92 Å². The third-order valence-corrected chi connectivity index (χ3v) is 2.43. The van der Waals surface area contributed by atoms with Crippen LogP contribution in [0.25, 0.3) is 0 Å². The van der Waals surface area contributed by atoms with Crippen LogP contribution >= 0.6 is 0 Å². The summed E-state index contributed by atoms with van der Waals surface area (Å²) in [7, 11) is 0. The molecule has 1 aliphatic carbocycles. The molecule has 1 aliphatic rings. The molecular formula is C11H20O2. The Labute approximate surface area is 80.7 Å². The molecule has 1 fully saturated rings. The molecule has 0 amide bonds. The topological polar surface area (TPSA) is 37.3 Å². The number of allylic oxidation sites excluding steroid dienone is 1. The molecule has 13 heavy (non-hydrogen) atoms. The molecule has 0 spiro atoms. The summed E-state index contributed by atoms with van der Waals surface area (Å²) in [5, 5.41) is 8.71. The van der Waals surface area contributed by atoms with Gasteiger partial charge in [-0.25, -0.2) is 0 Å². The number of hydrogen-bond acceptors (Lipinski definition) is 1. The summed E-state index contributed by atoms with van der Waals surface area (Å²) in [6.45, 7) is 7.29. The zero-order valence-corrected chi connectivity index (χ0v) is 8.62. The SMILES string of the molecule is C=CC.CC1CCCCC1C(=O)O. The standard InChI is InChI=1S/C8H14O2.C3H6/c1-6-4-2-3-5-7(6)8(9)10;1-3-2/h6-7H,2-5H2,1H3,(H,9,10);3H,1H2,2H3. The van der Waals surface area contributed by atoms with Crippen molar-refractivity contribution in [1.29, 1.82) is 0 Å². The van der Waals surface area contributed by atoms with Gasteiger partial charge in [-0.2, -0.15) is 0 Å². The second-order valence-corrected chi connectivity index (χ2v) is 3.61. The molecule has 76 valence electrons. The lowest BCUT2D eigenvalue weighted by Crippen LogP contribution is -2.24. The summed E-state index contributed by atoms with van der Waals surface area (Å²) in [5.41, 5.74) is 0. The molecule has 0 saturated heterocycles. The van der Waals surface area contributed by atoms with Gasteiger partial charge >= 0.3 is 5.97 Å². The highest BCUT2D eigenvalue weighted by molar-refractivity contribution is 5.70. The molecule has 2 unspecified atom stereocenters. The fraction of sp³-hybridized carbons (Fsp3) is 0.727. The zero-order valence-electron chi connectivity index (χ0n) is 8.62. The molecule has 0 heterocycles. The molecule has 0 aliphatic heterocycles. The second-order valence-electron chi connectivity index (χ2n) is 3.61. The van der Waals surface area contributed by atoms with Gasteiger partial charge in [-0.1, -0.05) is 25.8 Å². The van der Waals surface area contributed by atoms with Gasteiger partial charge in [0.25, 0.3) is 0 Å². The minimum absolute atomic E-state index is 0.0613. The van der Waals surface area contributed by atoms with Crippen LogP contribution in [0.4, 0.5) is 0 Å². The molecule has 0 aromatic carbocycles. The van der Waals surface area contributed by atoms with E-state index >= 15 is 0 Å². The second kappa shape index (κ2) is 6.70. The maximum absolute atomic E-state index is 10.6. The highest BCUT2D eigenvalue weighted by Gasteiger charge is 2.26. The monoisotopic (exact) mass is 184 g/mol. The van der Waals surface area contributed by atoms with Crippen LogP contribution in [-0.4, -0.2) is 11.1 Å². The van der Waals surface area contributed by atoms with Crippen molar-refractivity contribution in [3.8, 4) is 0 Å². The lowest BCUT2D eigenvalue weighted by Gasteiger charge is -2.24. The van der Waals surface area contributed by atoms with Crippen LogP contribution in [0.3, 0.4) is 0 Å². The quantitative estimate of drug-likeness (QED) is 0.636. The first-order valence-electron chi connectivity index (χ1n) is 4.93. The van der Waals surface area contributed by atoms with Gasteiger partial charge in [0.05, 0.1) is 5.92 Å². The fourth-order valence-electron chi connectivity index (χ4n) is 1.68.